The van der Waals surface area contributed by atoms with Gasteiger partial charge in [-0.2, -0.15) is 0 Å². The summed E-state index contributed by atoms with van der Waals surface area (Å²) < 4.78 is 24.2. The summed E-state index contributed by atoms with van der Waals surface area (Å²) in [6.07, 6.45) is 0. The molecule has 0 bridgehead atoms. The van der Waals surface area contributed by atoms with Crippen molar-refractivity contribution in [2.75, 3.05) is 6.01 Å². The molecule has 0 fully saturated rings. The lowest BCUT2D eigenvalue weighted by molar-refractivity contribution is 0.590. The highest BCUT2D eigenvalue weighted by Gasteiger charge is 1.98. The number of hydrogen-bond acceptors (Lipinski definition) is 1. The fourth-order valence-electron chi connectivity index (χ4n) is 0.621. The van der Waals surface area contributed by atoms with Crippen LogP contribution in [0.5, 0.6) is 0 Å². The van der Waals surface area contributed by atoms with Gasteiger partial charge < -0.3 is 0 Å². The van der Waals surface area contributed by atoms with Crippen molar-refractivity contribution < 1.29 is 8.78 Å². The van der Waals surface area contributed by atoms with E-state index >= 15 is 0 Å². The van der Waals surface area contributed by atoms with Gasteiger partial charge in [-0.3, -0.25) is 0 Å². The zero-order valence-electron chi connectivity index (χ0n) is 5.18. The molecule has 0 amide bonds. The summed E-state index contributed by atoms with van der Waals surface area (Å²) in [6.45, 7) is 0. The van der Waals surface area contributed by atoms with Gasteiger partial charge in [-0.15, -0.1) is 0 Å². The second kappa shape index (κ2) is 3.56. The standard InChI is InChI=1S/C7H6F2S/c8-5-10-7-4-2-1-3-6(7)9/h1-4H,5H2. The monoisotopic (exact) mass is 160 g/mol. The molecule has 0 radical (unpaired) electrons. The molecule has 0 heterocycles. The number of alkyl halides is 1. The number of hydrogen-bond donors (Lipinski definition) is 0. The summed E-state index contributed by atoms with van der Waals surface area (Å²) in [5.41, 5.74) is 0. The molecule has 1 aromatic carbocycles. The lowest BCUT2D eigenvalue weighted by Crippen LogP contribution is -1.77. The quantitative estimate of drug-likeness (QED) is 0.599. The molecule has 0 aliphatic carbocycles. The summed E-state index contributed by atoms with van der Waals surface area (Å²) in [7, 11) is 0. The summed E-state index contributed by atoms with van der Waals surface area (Å²) in [5, 5.41) is 0. The highest BCUT2D eigenvalue weighted by molar-refractivity contribution is 7.99. The summed E-state index contributed by atoms with van der Waals surface area (Å²) in [5.74, 6) is -0.356. The topological polar surface area (TPSA) is 0 Å². The molecule has 0 spiro atoms. The minimum Gasteiger partial charge on any atom is -0.239 e. The maximum atomic E-state index is 12.6. The highest BCUT2D eigenvalue weighted by atomic mass is 32.2. The number of thioether (sulfide) groups is 1. The van der Waals surface area contributed by atoms with Gasteiger partial charge in [-0.1, -0.05) is 23.9 Å². The Bertz CT molecular complexity index is 213. The van der Waals surface area contributed by atoms with Crippen molar-refractivity contribution in [3.8, 4) is 0 Å². The van der Waals surface area contributed by atoms with E-state index in [4.69, 9.17) is 0 Å². The molecule has 0 nitrogen and oxygen atoms in total. The molecule has 0 saturated heterocycles. The smallest absolute Gasteiger partial charge is 0.139 e. The van der Waals surface area contributed by atoms with Crippen LogP contribution in [0, 0.1) is 5.82 Å². The van der Waals surface area contributed by atoms with Gasteiger partial charge >= 0.3 is 0 Å². The molecule has 0 atom stereocenters. The minimum atomic E-state index is -0.582. The van der Waals surface area contributed by atoms with Crippen LogP contribution >= 0.6 is 11.8 Å². The summed E-state index contributed by atoms with van der Waals surface area (Å²) >= 11 is 0.860. The van der Waals surface area contributed by atoms with Crippen molar-refractivity contribution in [2.45, 2.75) is 4.90 Å². The highest BCUT2D eigenvalue weighted by Crippen LogP contribution is 2.20. The molecule has 0 saturated carbocycles. The first-order valence-corrected chi connectivity index (χ1v) is 3.76. The van der Waals surface area contributed by atoms with Gasteiger partial charge in [0, 0.05) is 4.90 Å². The molecule has 0 unspecified atom stereocenters. The van der Waals surface area contributed by atoms with Crippen molar-refractivity contribution in [2.24, 2.45) is 0 Å². The van der Waals surface area contributed by atoms with E-state index in [1.807, 2.05) is 0 Å². The Morgan fingerprint density at radius 1 is 1.30 bits per heavy atom. The maximum Gasteiger partial charge on any atom is 0.139 e. The predicted molar refractivity (Wildman–Crippen MR) is 38.2 cm³/mol. The Morgan fingerprint density at radius 2 is 2.00 bits per heavy atom. The molecule has 0 N–H and O–H groups in total. The van der Waals surface area contributed by atoms with Crippen LogP contribution in [0.15, 0.2) is 29.2 Å². The van der Waals surface area contributed by atoms with Crippen molar-refractivity contribution in [3.63, 3.8) is 0 Å². The van der Waals surface area contributed by atoms with E-state index < -0.39 is 6.01 Å². The first-order valence-electron chi connectivity index (χ1n) is 2.78. The maximum absolute atomic E-state index is 12.6. The number of halogens is 2. The molecule has 54 valence electrons. The van der Waals surface area contributed by atoms with Gasteiger partial charge in [-0.25, -0.2) is 8.78 Å². The minimum absolute atomic E-state index is 0.356. The first-order chi connectivity index (χ1) is 4.84. The van der Waals surface area contributed by atoms with Crippen molar-refractivity contribution in [3.05, 3.63) is 30.1 Å². The van der Waals surface area contributed by atoms with Gasteiger partial charge in [0.15, 0.2) is 0 Å². The van der Waals surface area contributed by atoms with E-state index in [9.17, 15) is 8.78 Å². The fourth-order valence-corrected chi connectivity index (χ4v) is 1.12. The van der Waals surface area contributed by atoms with E-state index in [0.29, 0.717) is 4.90 Å². The lowest BCUT2D eigenvalue weighted by atomic mass is 10.4. The molecule has 0 aromatic heterocycles. The van der Waals surface area contributed by atoms with Crippen LogP contribution in [0.2, 0.25) is 0 Å². The van der Waals surface area contributed by atoms with E-state index in [1.165, 1.54) is 6.07 Å². The molecule has 1 aromatic rings. The van der Waals surface area contributed by atoms with Crippen molar-refractivity contribution in [1.82, 2.24) is 0 Å². The van der Waals surface area contributed by atoms with Crippen LogP contribution in [0.25, 0.3) is 0 Å². The Morgan fingerprint density at radius 3 is 2.60 bits per heavy atom. The van der Waals surface area contributed by atoms with E-state index in [2.05, 4.69) is 0 Å². The Balaban J connectivity index is 2.81. The third kappa shape index (κ3) is 1.70. The van der Waals surface area contributed by atoms with E-state index in [0.717, 1.165) is 11.8 Å². The predicted octanol–water partition coefficient (Wildman–Crippen LogP) is 2.84. The lowest BCUT2D eigenvalue weighted by Gasteiger charge is -1.95. The van der Waals surface area contributed by atoms with Crippen LogP contribution in [-0.2, 0) is 0 Å². The molecule has 0 aliphatic heterocycles. The van der Waals surface area contributed by atoms with E-state index in [1.54, 1.807) is 18.2 Å². The van der Waals surface area contributed by atoms with Crippen molar-refractivity contribution in [1.29, 1.82) is 0 Å². The van der Waals surface area contributed by atoms with Gasteiger partial charge in [0.05, 0.1) is 0 Å². The molecule has 10 heavy (non-hydrogen) atoms. The molecular weight excluding hydrogens is 154 g/mol. The van der Waals surface area contributed by atoms with E-state index in [-0.39, 0.29) is 5.82 Å². The number of benzene rings is 1. The largest absolute Gasteiger partial charge is 0.239 e. The number of rotatable bonds is 2. The van der Waals surface area contributed by atoms with Gasteiger partial charge in [-0.05, 0) is 12.1 Å². The summed E-state index contributed by atoms with van der Waals surface area (Å²) in [6, 6.07) is 5.55. The van der Waals surface area contributed by atoms with Crippen LogP contribution in [0.3, 0.4) is 0 Å². The molecular formula is C7H6F2S. The Labute approximate surface area is 62.3 Å². The zero-order valence-corrected chi connectivity index (χ0v) is 6.00. The average molecular weight is 160 g/mol. The third-order valence-electron chi connectivity index (χ3n) is 1.05. The van der Waals surface area contributed by atoms with Gasteiger partial charge in [0.1, 0.15) is 11.8 Å². The molecule has 0 aliphatic rings. The average Bonchev–Trinajstić information content (AvgIpc) is 1.94. The Kier molecular flexibility index (Phi) is 2.68. The second-order valence-corrected chi connectivity index (χ2v) is 2.63. The Hall–Kier alpha value is -0.570. The molecule has 3 heteroatoms. The van der Waals surface area contributed by atoms with Crippen LogP contribution in [0.1, 0.15) is 0 Å². The van der Waals surface area contributed by atoms with Crippen LogP contribution in [-0.4, -0.2) is 6.01 Å². The second-order valence-electron chi connectivity index (χ2n) is 1.68. The van der Waals surface area contributed by atoms with Crippen LogP contribution < -0.4 is 0 Å². The van der Waals surface area contributed by atoms with Crippen molar-refractivity contribution >= 4 is 11.8 Å². The SMILES string of the molecule is FCSc1ccccc1F. The fraction of sp³-hybridized carbons (Fsp3) is 0.143. The normalized spacial score (nSPS) is 9.80. The molecule has 1 rings (SSSR count). The van der Waals surface area contributed by atoms with Gasteiger partial charge in [0.25, 0.3) is 0 Å². The third-order valence-corrected chi connectivity index (χ3v) is 1.80. The first kappa shape index (κ1) is 7.54. The van der Waals surface area contributed by atoms with Gasteiger partial charge in [0.2, 0.25) is 0 Å². The zero-order chi connectivity index (χ0) is 7.40. The van der Waals surface area contributed by atoms with Crippen LogP contribution in [0.4, 0.5) is 8.78 Å². The summed E-state index contributed by atoms with van der Waals surface area (Å²) in [4.78, 5) is 0.366.